The van der Waals surface area contributed by atoms with Crippen molar-refractivity contribution in [2.45, 2.75) is 19.3 Å². The van der Waals surface area contributed by atoms with Crippen molar-refractivity contribution in [3.63, 3.8) is 0 Å². The van der Waals surface area contributed by atoms with Gasteiger partial charge in [0, 0.05) is 18.1 Å². The van der Waals surface area contributed by atoms with E-state index in [-0.39, 0.29) is 5.75 Å². The van der Waals surface area contributed by atoms with Gasteiger partial charge < -0.3 is 10.4 Å². The molecule has 4 heteroatoms. The van der Waals surface area contributed by atoms with Gasteiger partial charge in [0.05, 0.1) is 0 Å². The summed E-state index contributed by atoms with van der Waals surface area (Å²) in [6.07, 6.45) is 7.61. The zero-order chi connectivity index (χ0) is 13.5. The molecule has 1 aromatic heterocycles. The number of phenols is 1. The Kier molecular flexibility index (Phi) is 5.33. The highest BCUT2D eigenvalue weighted by Gasteiger charge is 2.02. The highest BCUT2D eigenvalue weighted by Crippen LogP contribution is 2.25. The molecule has 1 aromatic carbocycles. The van der Waals surface area contributed by atoms with Crippen molar-refractivity contribution in [1.82, 2.24) is 4.98 Å². The van der Waals surface area contributed by atoms with Crippen LogP contribution in [0.2, 0.25) is 0 Å². The van der Waals surface area contributed by atoms with E-state index in [2.05, 4.69) is 16.6 Å². The zero-order valence-electron chi connectivity index (χ0n) is 11.2. The average molecular weight is 276 g/mol. The van der Waals surface area contributed by atoms with E-state index in [0.717, 1.165) is 29.6 Å². The number of hydrogen-bond acceptors (Lipinski definition) is 4. The molecule has 0 saturated heterocycles. The second-order valence-corrected chi connectivity index (χ2v) is 5.53. The Morgan fingerprint density at radius 2 is 2.11 bits per heavy atom. The van der Waals surface area contributed by atoms with Crippen LogP contribution in [0.15, 0.2) is 30.5 Å². The summed E-state index contributed by atoms with van der Waals surface area (Å²) >= 11 is 1.90. The Bertz CT molecular complexity index is 531. The SMILES string of the molecule is CSCCCCCNc1nccc2ccc(O)cc12. The molecule has 2 rings (SSSR count). The molecule has 0 unspecified atom stereocenters. The van der Waals surface area contributed by atoms with Crippen molar-refractivity contribution < 1.29 is 5.11 Å². The van der Waals surface area contributed by atoms with Crippen LogP contribution in [0.1, 0.15) is 19.3 Å². The molecule has 0 saturated carbocycles. The van der Waals surface area contributed by atoms with E-state index in [1.54, 1.807) is 18.3 Å². The van der Waals surface area contributed by atoms with Crippen molar-refractivity contribution in [1.29, 1.82) is 0 Å². The molecule has 0 aliphatic heterocycles. The fourth-order valence-electron chi connectivity index (χ4n) is 2.05. The summed E-state index contributed by atoms with van der Waals surface area (Å²) in [6.45, 7) is 0.927. The molecule has 0 spiro atoms. The topological polar surface area (TPSA) is 45.2 Å². The number of unbranched alkanes of at least 4 members (excludes halogenated alkanes) is 2. The van der Waals surface area contributed by atoms with E-state index in [9.17, 15) is 5.11 Å². The maximum absolute atomic E-state index is 9.57. The third-order valence-electron chi connectivity index (χ3n) is 3.07. The average Bonchev–Trinajstić information content (AvgIpc) is 2.43. The van der Waals surface area contributed by atoms with Crippen LogP contribution in [0.4, 0.5) is 5.82 Å². The second kappa shape index (κ2) is 7.24. The molecule has 0 amide bonds. The number of thioether (sulfide) groups is 1. The number of nitrogens with one attached hydrogen (secondary N) is 1. The molecule has 0 radical (unpaired) electrons. The van der Waals surface area contributed by atoms with Crippen LogP contribution in [0.3, 0.4) is 0 Å². The monoisotopic (exact) mass is 276 g/mol. The number of nitrogens with zero attached hydrogens (tertiary/aromatic N) is 1. The lowest BCUT2D eigenvalue weighted by Gasteiger charge is -2.08. The minimum atomic E-state index is 0.281. The molecule has 0 aliphatic rings. The van der Waals surface area contributed by atoms with Crippen molar-refractivity contribution >= 4 is 28.4 Å². The largest absolute Gasteiger partial charge is 0.508 e. The first kappa shape index (κ1) is 14.0. The Labute approximate surface area is 118 Å². The zero-order valence-corrected chi connectivity index (χ0v) is 12.0. The van der Waals surface area contributed by atoms with E-state index in [4.69, 9.17) is 0 Å². The van der Waals surface area contributed by atoms with Gasteiger partial charge in [-0.1, -0.05) is 12.5 Å². The molecule has 0 atom stereocenters. The highest BCUT2D eigenvalue weighted by molar-refractivity contribution is 7.98. The second-order valence-electron chi connectivity index (χ2n) is 4.55. The van der Waals surface area contributed by atoms with Gasteiger partial charge in [-0.3, -0.25) is 0 Å². The summed E-state index contributed by atoms with van der Waals surface area (Å²) in [5.74, 6) is 2.38. The molecule has 0 bridgehead atoms. The standard InChI is InChI=1S/C15H20N2OS/c1-19-10-4-2-3-8-16-15-14-11-13(18)6-5-12(14)7-9-17-15/h5-7,9,11,18H,2-4,8,10H2,1H3,(H,16,17). The van der Waals surface area contributed by atoms with E-state index in [1.165, 1.54) is 18.6 Å². The first-order chi connectivity index (χ1) is 9.31. The number of phenolic OH excluding ortho intramolecular Hbond substituents is 1. The fraction of sp³-hybridized carbons (Fsp3) is 0.400. The van der Waals surface area contributed by atoms with E-state index < -0.39 is 0 Å². The third-order valence-corrected chi connectivity index (χ3v) is 3.76. The maximum atomic E-state index is 9.57. The van der Waals surface area contributed by atoms with Crippen molar-refractivity contribution in [3.8, 4) is 5.75 Å². The smallest absolute Gasteiger partial charge is 0.133 e. The van der Waals surface area contributed by atoms with Crippen LogP contribution in [0.25, 0.3) is 10.8 Å². The Hall–Kier alpha value is -1.42. The Morgan fingerprint density at radius 1 is 1.21 bits per heavy atom. The van der Waals surface area contributed by atoms with Gasteiger partial charge >= 0.3 is 0 Å². The van der Waals surface area contributed by atoms with Crippen LogP contribution in [-0.2, 0) is 0 Å². The van der Waals surface area contributed by atoms with E-state index >= 15 is 0 Å². The molecule has 1 heterocycles. The fourth-order valence-corrected chi connectivity index (χ4v) is 2.54. The van der Waals surface area contributed by atoms with Gasteiger partial charge in [-0.2, -0.15) is 11.8 Å². The van der Waals surface area contributed by atoms with Crippen LogP contribution < -0.4 is 5.32 Å². The van der Waals surface area contributed by atoms with Gasteiger partial charge in [-0.05, 0) is 48.4 Å². The van der Waals surface area contributed by atoms with Gasteiger partial charge in [-0.15, -0.1) is 0 Å². The number of anilines is 1. The number of pyridine rings is 1. The van der Waals surface area contributed by atoms with Crippen molar-refractivity contribution in [2.75, 3.05) is 23.9 Å². The highest BCUT2D eigenvalue weighted by atomic mass is 32.2. The lowest BCUT2D eigenvalue weighted by Crippen LogP contribution is -2.03. The molecule has 2 N–H and O–H groups in total. The lowest BCUT2D eigenvalue weighted by molar-refractivity contribution is 0.476. The van der Waals surface area contributed by atoms with Gasteiger partial charge in [0.15, 0.2) is 0 Å². The quantitative estimate of drug-likeness (QED) is 0.753. The number of aromatic hydroxyl groups is 1. The van der Waals surface area contributed by atoms with E-state index in [0.29, 0.717) is 0 Å². The van der Waals surface area contributed by atoms with Gasteiger partial charge in [0.1, 0.15) is 11.6 Å². The Balaban J connectivity index is 1.95. The normalized spacial score (nSPS) is 10.8. The number of benzene rings is 1. The molecule has 2 aromatic rings. The summed E-state index contributed by atoms with van der Waals surface area (Å²) in [5, 5.41) is 15.0. The summed E-state index contributed by atoms with van der Waals surface area (Å²) in [6, 6.07) is 7.33. The summed E-state index contributed by atoms with van der Waals surface area (Å²) in [7, 11) is 0. The molecular formula is C15H20N2OS. The number of hydrogen-bond donors (Lipinski definition) is 2. The minimum Gasteiger partial charge on any atom is -0.508 e. The van der Waals surface area contributed by atoms with Crippen molar-refractivity contribution in [2.24, 2.45) is 0 Å². The molecule has 0 aliphatic carbocycles. The summed E-state index contributed by atoms with van der Waals surface area (Å²) < 4.78 is 0. The Morgan fingerprint density at radius 3 is 2.95 bits per heavy atom. The molecular weight excluding hydrogens is 256 g/mol. The molecule has 3 nitrogen and oxygen atoms in total. The molecule has 19 heavy (non-hydrogen) atoms. The van der Waals surface area contributed by atoms with Gasteiger partial charge in [0.25, 0.3) is 0 Å². The van der Waals surface area contributed by atoms with E-state index in [1.807, 2.05) is 23.9 Å². The van der Waals surface area contributed by atoms with Crippen LogP contribution >= 0.6 is 11.8 Å². The van der Waals surface area contributed by atoms with Crippen LogP contribution in [-0.4, -0.2) is 28.6 Å². The maximum Gasteiger partial charge on any atom is 0.133 e. The lowest BCUT2D eigenvalue weighted by atomic mass is 10.1. The van der Waals surface area contributed by atoms with Gasteiger partial charge in [0.2, 0.25) is 0 Å². The molecule has 0 fully saturated rings. The summed E-state index contributed by atoms with van der Waals surface area (Å²) in [5.41, 5.74) is 0. The predicted octanol–water partition coefficient (Wildman–Crippen LogP) is 3.89. The molecule has 102 valence electrons. The number of fused-ring (bicyclic) bond motifs is 1. The van der Waals surface area contributed by atoms with Crippen molar-refractivity contribution in [3.05, 3.63) is 30.5 Å². The number of aromatic nitrogens is 1. The summed E-state index contributed by atoms with van der Waals surface area (Å²) in [4.78, 5) is 4.36. The first-order valence-corrected chi connectivity index (χ1v) is 8.01. The van der Waals surface area contributed by atoms with Gasteiger partial charge in [-0.25, -0.2) is 4.98 Å². The predicted molar refractivity (Wildman–Crippen MR) is 84.1 cm³/mol. The number of rotatable bonds is 7. The van der Waals surface area contributed by atoms with Crippen LogP contribution in [0, 0.1) is 0 Å². The first-order valence-electron chi connectivity index (χ1n) is 6.62. The minimum absolute atomic E-state index is 0.281. The third kappa shape index (κ3) is 4.03. The van der Waals surface area contributed by atoms with Crippen LogP contribution in [0.5, 0.6) is 5.75 Å².